The number of esters is 1. The number of halogens is 3. The largest absolute Gasteiger partial charge is 0.459 e. The number of nitrogens with zero attached hydrogens (tertiary/aromatic N) is 2. The van der Waals surface area contributed by atoms with Crippen molar-refractivity contribution < 1.29 is 22.7 Å². The number of nitrogens with one attached hydrogen (secondary N) is 2. The number of hydrogen-bond donors (Lipinski definition) is 2. The number of carbonyl (C=O) groups excluding carboxylic acids is 1. The van der Waals surface area contributed by atoms with Gasteiger partial charge in [0.05, 0.1) is 23.0 Å². The average molecular weight is 489 g/mol. The van der Waals surface area contributed by atoms with Crippen LogP contribution in [0.15, 0.2) is 36.9 Å². The first-order valence-corrected chi connectivity index (χ1v) is 12.3. The molecule has 4 fully saturated rings. The second-order valence-corrected chi connectivity index (χ2v) is 10.8. The Labute approximate surface area is 203 Å². The molecule has 6 rings (SSSR count). The van der Waals surface area contributed by atoms with Crippen LogP contribution in [0.1, 0.15) is 74.3 Å². The number of aromatic nitrogens is 2. The summed E-state index contributed by atoms with van der Waals surface area (Å²) < 4.78 is 47.7. The monoisotopic (exact) mass is 488 g/mol. The van der Waals surface area contributed by atoms with Crippen LogP contribution in [0.25, 0.3) is 0 Å². The van der Waals surface area contributed by atoms with Gasteiger partial charge in [0.1, 0.15) is 6.33 Å². The lowest BCUT2D eigenvalue weighted by atomic mass is 9.53. The standard InChI is InChI=1S/C26H31F3N4O2/c1-15(2)35-24(34)19-3-4-21(33-25-9-16-5-17(10-25)7-18(6-16)11-25)22(8-19)32-23(26(27,28)29)20-12-30-14-31-13-20/h3-4,8,12-18,23,32-33H,5-7,9-11H2,1-2H3. The lowest BCUT2D eigenvalue weighted by Crippen LogP contribution is -2.54. The molecule has 4 saturated carbocycles. The summed E-state index contributed by atoms with van der Waals surface area (Å²) in [6, 6.07) is 2.74. The van der Waals surface area contributed by atoms with Gasteiger partial charge in [-0.15, -0.1) is 0 Å². The number of anilines is 2. The first-order valence-electron chi connectivity index (χ1n) is 12.3. The Morgan fingerprint density at radius 1 is 1.03 bits per heavy atom. The van der Waals surface area contributed by atoms with Gasteiger partial charge in [-0.1, -0.05) is 0 Å². The van der Waals surface area contributed by atoms with Crippen molar-refractivity contribution in [3.63, 3.8) is 0 Å². The minimum absolute atomic E-state index is 0.101. The summed E-state index contributed by atoms with van der Waals surface area (Å²) in [6.45, 7) is 3.46. The van der Waals surface area contributed by atoms with Crippen molar-refractivity contribution in [2.45, 2.75) is 76.2 Å². The highest BCUT2D eigenvalue weighted by atomic mass is 19.4. The molecule has 4 bridgehead atoms. The van der Waals surface area contributed by atoms with E-state index < -0.39 is 18.2 Å². The van der Waals surface area contributed by atoms with E-state index in [-0.39, 0.29) is 28.5 Å². The van der Waals surface area contributed by atoms with Crippen LogP contribution in [0.3, 0.4) is 0 Å². The van der Waals surface area contributed by atoms with Crippen LogP contribution >= 0.6 is 0 Å². The van der Waals surface area contributed by atoms with Crippen LogP contribution < -0.4 is 10.6 Å². The summed E-state index contributed by atoms with van der Waals surface area (Å²) in [5.41, 5.74) is 0.761. The van der Waals surface area contributed by atoms with Crippen molar-refractivity contribution in [3.05, 3.63) is 48.0 Å². The van der Waals surface area contributed by atoms with Gasteiger partial charge >= 0.3 is 12.1 Å². The second kappa shape index (κ2) is 8.99. The SMILES string of the molecule is CC(C)OC(=O)c1ccc(NC23CC4CC(CC(C4)C2)C3)c(NC(c2cncnc2)C(F)(F)F)c1. The van der Waals surface area contributed by atoms with Gasteiger partial charge in [-0.3, -0.25) is 0 Å². The predicted molar refractivity (Wildman–Crippen MR) is 126 cm³/mol. The third-order valence-corrected chi connectivity index (χ3v) is 7.58. The second-order valence-electron chi connectivity index (χ2n) is 10.8. The molecule has 2 aromatic rings. The van der Waals surface area contributed by atoms with Crippen molar-refractivity contribution in [2.75, 3.05) is 10.6 Å². The summed E-state index contributed by atoms with van der Waals surface area (Å²) in [7, 11) is 0. The topological polar surface area (TPSA) is 76.1 Å². The molecule has 0 amide bonds. The van der Waals surface area contributed by atoms with Crippen LogP contribution in [0.5, 0.6) is 0 Å². The van der Waals surface area contributed by atoms with Gasteiger partial charge in [0, 0.05) is 23.5 Å². The van der Waals surface area contributed by atoms with E-state index >= 15 is 0 Å². The highest BCUT2D eigenvalue weighted by molar-refractivity contribution is 5.92. The minimum atomic E-state index is -4.60. The maximum absolute atomic E-state index is 14.1. The number of carbonyl (C=O) groups is 1. The number of alkyl halides is 3. The molecule has 0 aliphatic heterocycles. The maximum Gasteiger partial charge on any atom is 0.412 e. The Hall–Kier alpha value is -2.84. The van der Waals surface area contributed by atoms with Gasteiger partial charge in [0.15, 0.2) is 6.04 Å². The number of rotatable bonds is 7. The highest BCUT2D eigenvalue weighted by Crippen LogP contribution is 2.57. The van der Waals surface area contributed by atoms with E-state index in [0.717, 1.165) is 31.7 Å². The van der Waals surface area contributed by atoms with E-state index in [2.05, 4.69) is 20.6 Å². The Bertz CT molecular complexity index is 1040. The molecule has 1 atom stereocenters. The first kappa shape index (κ1) is 23.9. The van der Waals surface area contributed by atoms with Gasteiger partial charge < -0.3 is 15.4 Å². The van der Waals surface area contributed by atoms with E-state index in [1.165, 1.54) is 31.7 Å². The lowest BCUT2D eigenvalue weighted by Gasteiger charge is -2.57. The van der Waals surface area contributed by atoms with Crippen LogP contribution in [0, 0.1) is 17.8 Å². The minimum Gasteiger partial charge on any atom is -0.459 e. The predicted octanol–water partition coefficient (Wildman–Crippen LogP) is 6.14. The molecule has 6 nitrogen and oxygen atoms in total. The Morgan fingerprint density at radius 2 is 1.63 bits per heavy atom. The fourth-order valence-corrected chi connectivity index (χ4v) is 6.70. The molecule has 4 aliphatic carbocycles. The van der Waals surface area contributed by atoms with Crippen molar-refractivity contribution in [2.24, 2.45) is 17.8 Å². The number of hydrogen-bond acceptors (Lipinski definition) is 6. The van der Waals surface area contributed by atoms with Crippen molar-refractivity contribution in [1.82, 2.24) is 9.97 Å². The smallest absolute Gasteiger partial charge is 0.412 e. The summed E-state index contributed by atoms with van der Waals surface area (Å²) in [5.74, 6) is 1.45. The summed E-state index contributed by atoms with van der Waals surface area (Å²) in [4.78, 5) is 20.1. The fraction of sp³-hybridized carbons (Fsp3) is 0.577. The zero-order valence-corrected chi connectivity index (χ0v) is 19.9. The first-order chi connectivity index (χ1) is 16.6. The van der Waals surface area contributed by atoms with Crippen LogP contribution in [-0.2, 0) is 4.74 Å². The molecule has 0 radical (unpaired) electrons. The molecular weight excluding hydrogens is 457 g/mol. The highest BCUT2D eigenvalue weighted by Gasteiger charge is 2.51. The number of benzene rings is 1. The summed E-state index contributed by atoms with van der Waals surface area (Å²) in [5, 5.41) is 6.32. The molecular formula is C26H31F3N4O2. The van der Waals surface area contributed by atoms with E-state index in [0.29, 0.717) is 23.4 Å². The van der Waals surface area contributed by atoms with Crippen molar-refractivity contribution in [1.29, 1.82) is 0 Å². The van der Waals surface area contributed by atoms with Gasteiger partial charge in [-0.2, -0.15) is 13.2 Å². The van der Waals surface area contributed by atoms with Gasteiger partial charge in [-0.05, 0) is 88.3 Å². The van der Waals surface area contributed by atoms with Gasteiger partial charge in [0.2, 0.25) is 0 Å². The lowest BCUT2D eigenvalue weighted by molar-refractivity contribution is -0.144. The van der Waals surface area contributed by atoms with E-state index in [9.17, 15) is 18.0 Å². The molecule has 1 unspecified atom stereocenters. The zero-order chi connectivity index (χ0) is 24.8. The zero-order valence-electron chi connectivity index (χ0n) is 19.9. The Kier molecular flexibility index (Phi) is 6.13. The van der Waals surface area contributed by atoms with Crippen LogP contribution in [0.4, 0.5) is 24.5 Å². The fourth-order valence-electron chi connectivity index (χ4n) is 6.70. The Morgan fingerprint density at radius 3 is 2.17 bits per heavy atom. The molecule has 188 valence electrons. The van der Waals surface area contributed by atoms with Crippen LogP contribution in [0.2, 0.25) is 0 Å². The number of ether oxygens (including phenoxy) is 1. The van der Waals surface area contributed by atoms with E-state index in [1.807, 2.05) is 0 Å². The molecule has 0 saturated heterocycles. The van der Waals surface area contributed by atoms with Gasteiger partial charge in [-0.25, -0.2) is 14.8 Å². The average Bonchev–Trinajstić information content (AvgIpc) is 2.76. The molecule has 0 spiro atoms. The molecule has 9 heteroatoms. The molecule has 1 aromatic heterocycles. The van der Waals surface area contributed by atoms with Crippen molar-refractivity contribution >= 4 is 17.3 Å². The molecule has 1 aromatic carbocycles. The third kappa shape index (κ3) is 5.09. The summed E-state index contributed by atoms with van der Waals surface area (Å²) >= 11 is 0. The third-order valence-electron chi connectivity index (χ3n) is 7.58. The van der Waals surface area contributed by atoms with E-state index in [1.54, 1.807) is 26.0 Å². The molecule has 4 aliphatic rings. The molecule has 1 heterocycles. The van der Waals surface area contributed by atoms with Crippen LogP contribution in [-0.4, -0.2) is 33.8 Å². The quantitative estimate of drug-likeness (QED) is 0.456. The normalized spacial score (nSPS) is 28.1. The molecule has 35 heavy (non-hydrogen) atoms. The molecule has 2 N–H and O–H groups in total. The van der Waals surface area contributed by atoms with Crippen molar-refractivity contribution in [3.8, 4) is 0 Å². The Balaban J connectivity index is 1.50. The van der Waals surface area contributed by atoms with E-state index in [4.69, 9.17) is 4.74 Å². The maximum atomic E-state index is 14.1. The summed E-state index contributed by atoms with van der Waals surface area (Å²) in [6.07, 6.45) is 5.44. The van der Waals surface area contributed by atoms with Gasteiger partial charge in [0.25, 0.3) is 0 Å².